The van der Waals surface area contributed by atoms with Crippen LogP contribution < -0.4 is 5.32 Å². The van der Waals surface area contributed by atoms with Gasteiger partial charge in [-0.25, -0.2) is 0 Å². The Balaban J connectivity index is 2.67. The summed E-state index contributed by atoms with van der Waals surface area (Å²) in [5.41, 5.74) is 0. The summed E-state index contributed by atoms with van der Waals surface area (Å²) in [6, 6.07) is 0.239. The van der Waals surface area contributed by atoms with Crippen LogP contribution in [0.4, 0.5) is 0 Å². The molecule has 1 saturated heterocycles. The Bertz CT molecular complexity index is 292. The lowest BCUT2D eigenvalue weighted by molar-refractivity contribution is 0.288. The van der Waals surface area contributed by atoms with Crippen molar-refractivity contribution in [2.45, 2.75) is 26.3 Å². The van der Waals surface area contributed by atoms with E-state index in [1.807, 2.05) is 13.8 Å². The number of nitrogens with one attached hydrogen (secondary N) is 1. The summed E-state index contributed by atoms with van der Waals surface area (Å²) < 4.78 is 27.1. The molecule has 0 saturated carbocycles. The van der Waals surface area contributed by atoms with E-state index in [9.17, 15) is 8.42 Å². The molecular formula is C9H21N3O2S. The van der Waals surface area contributed by atoms with Crippen molar-refractivity contribution in [3.63, 3.8) is 0 Å². The summed E-state index contributed by atoms with van der Waals surface area (Å²) >= 11 is 0. The molecule has 1 N–H and O–H groups in total. The van der Waals surface area contributed by atoms with Gasteiger partial charge in [0, 0.05) is 39.3 Å². The number of nitrogens with zero attached hydrogens (tertiary/aromatic N) is 2. The van der Waals surface area contributed by atoms with Crippen molar-refractivity contribution in [1.82, 2.24) is 13.9 Å². The van der Waals surface area contributed by atoms with Gasteiger partial charge in [-0.2, -0.15) is 17.0 Å². The topological polar surface area (TPSA) is 52.7 Å². The standard InChI is InChI=1S/C9H21N3O2S/c1-4-6-11(3)15(13,14)12-7-5-10-9(2)8-12/h9-10H,4-8H2,1-3H3/t9-/m0/s1. The average Bonchev–Trinajstić information content (AvgIpc) is 2.18. The summed E-state index contributed by atoms with van der Waals surface area (Å²) in [6.07, 6.45) is 0.845. The summed E-state index contributed by atoms with van der Waals surface area (Å²) in [5.74, 6) is 0. The zero-order valence-electron chi connectivity index (χ0n) is 9.73. The van der Waals surface area contributed by atoms with E-state index in [-0.39, 0.29) is 6.04 Å². The first kappa shape index (κ1) is 12.9. The van der Waals surface area contributed by atoms with Gasteiger partial charge in [0.2, 0.25) is 0 Å². The monoisotopic (exact) mass is 235 g/mol. The molecule has 5 nitrogen and oxygen atoms in total. The van der Waals surface area contributed by atoms with Crippen molar-refractivity contribution >= 4 is 10.2 Å². The van der Waals surface area contributed by atoms with Gasteiger partial charge < -0.3 is 5.32 Å². The first-order valence-corrected chi connectivity index (χ1v) is 6.83. The lowest BCUT2D eigenvalue weighted by Gasteiger charge is -2.33. The van der Waals surface area contributed by atoms with Crippen LogP contribution in [0, 0.1) is 0 Å². The van der Waals surface area contributed by atoms with Crippen molar-refractivity contribution in [1.29, 1.82) is 0 Å². The fourth-order valence-electron chi connectivity index (χ4n) is 1.73. The van der Waals surface area contributed by atoms with Crippen LogP contribution in [0.1, 0.15) is 20.3 Å². The molecule has 0 amide bonds. The normalized spacial score (nSPS) is 24.7. The van der Waals surface area contributed by atoms with Crippen LogP contribution in [0.15, 0.2) is 0 Å². The minimum Gasteiger partial charge on any atom is -0.312 e. The fraction of sp³-hybridized carbons (Fsp3) is 1.00. The van der Waals surface area contributed by atoms with E-state index in [0.717, 1.165) is 13.0 Å². The zero-order chi connectivity index (χ0) is 11.5. The molecule has 1 atom stereocenters. The Morgan fingerprint density at radius 2 is 2.20 bits per heavy atom. The number of piperazine rings is 1. The molecule has 0 unspecified atom stereocenters. The second kappa shape index (κ2) is 5.25. The molecular weight excluding hydrogens is 214 g/mol. The van der Waals surface area contributed by atoms with Gasteiger partial charge in [-0.05, 0) is 13.3 Å². The second-order valence-electron chi connectivity index (χ2n) is 4.04. The predicted octanol–water partition coefficient (Wildman–Crippen LogP) is -0.133. The van der Waals surface area contributed by atoms with Gasteiger partial charge >= 0.3 is 0 Å². The molecule has 0 aromatic rings. The van der Waals surface area contributed by atoms with Crippen molar-refractivity contribution in [3.8, 4) is 0 Å². The van der Waals surface area contributed by atoms with Crippen molar-refractivity contribution in [3.05, 3.63) is 0 Å². The predicted molar refractivity (Wildman–Crippen MR) is 60.9 cm³/mol. The highest BCUT2D eigenvalue weighted by molar-refractivity contribution is 7.86. The molecule has 0 aliphatic carbocycles. The molecule has 0 aromatic carbocycles. The van der Waals surface area contributed by atoms with Gasteiger partial charge in [-0.1, -0.05) is 6.92 Å². The van der Waals surface area contributed by atoms with Crippen LogP contribution >= 0.6 is 0 Å². The molecule has 0 spiro atoms. The molecule has 1 aliphatic heterocycles. The molecule has 90 valence electrons. The molecule has 1 fully saturated rings. The summed E-state index contributed by atoms with van der Waals surface area (Å²) in [6.45, 7) is 6.44. The van der Waals surface area contributed by atoms with Gasteiger partial charge in [-0.15, -0.1) is 0 Å². The van der Waals surface area contributed by atoms with Crippen LogP contribution in [0.5, 0.6) is 0 Å². The fourth-order valence-corrected chi connectivity index (χ4v) is 3.28. The molecule has 0 bridgehead atoms. The van der Waals surface area contributed by atoms with E-state index >= 15 is 0 Å². The highest BCUT2D eigenvalue weighted by Crippen LogP contribution is 2.09. The SMILES string of the molecule is CCCN(C)S(=O)(=O)N1CCN[C@@H](C)C1. The smallest absolute Gasteiger partial charge is 0.281 e. The first-order chi connectivity index (χ1) is 6.98. The molecule has 1 heterocycles. The largest absolute Gasteiger partial charge is 0.312 e. The van der Waals surface area contributed by atoms with Crippen LogP contribution in [0.25, 0.3) is 0 Å². The number of hydrogen-bond donors (Lipinski definition) is 1. The Morgan fingerprint density at radius 1 is 1.53 bits per heavy atom. The highest BCUT2D eigenvalue weighted by Gasteiger charge is 2.29. The van der Waals surface area contributed by atoms with E-state index in [0.29, 0.717) is 19.6 Å². The van der Waals surface area contributed by atoms with E-state index in [1.54, 1.807) is 11.4 Å². The van der Waals surface area contributed by atoms with E-state index in [4.69, 9.17) is 0 Å². The zero-order valence-corrected chi connectivity index (χ0v) is 10.5. The maximum atomic E-state index is 12.0. The first-order valence-electron chi connectivity index (χ1n) is 5.43. The molecule has 0 radical (unpaired) electrons. The molecule has 15 heavy (non-hydrogen) atoms. The van der Waals surface area contributed by atoms with Gasteiger partial charge in [0.25, 0.3) is 10.2 Å². The van der Waals surface area contributed by atoms with E-state index in [1.165, 1.54) is 4.31 Å². The quantitative estimate of drug-likeness (QED) is 0.738. The summed E-state index contributed by atoms with van der Waals surface area (Å²) in [7, 11) is -1.59. The third-order valence-corrected chi connectivity index (χ3v) is 4.54. The molecule has 1 aliphatic rings. The Morgan fingerprint density at radius 3 is 2.73 bits per heavy atom. The lowest BCUT2D eigenvalue weighted by atomic mass is 10.3. The van der Waals surface area contributed by atoms with Gasteiger partial charge in [0.15, 0.2) is 0 Å². The lowest BCUT2D eigenvalue weighted by Crippen LogP contribution is -2.54. The van der Waals surface area contributed by atoms with Gasteiger partial charge in [-0.3, -0.25) is 0 Å². The van der Waals surface area contributed by atoms with Crippen LogP contribution in [0.3, 0.4) is 0 Å². The van der Waals surface area contributed by atoms with Crippen LogP contribution in [-0.2, 0) is 10.2 Å². The maximum Gasteiger partial charge on any atom is 0.281 e. The van der Waals surface area contributed by atoms with Crippen molar-refractivity contribution < 1.29 is 8.42 Å². The number of hydrogen-bond acceptors (Lipinski definition) is 3. The Kier molecular flexibility index (Phi) is 4.51. The third kappa shape index (κ3) is 3.14. The van der Waals surface area contributed by atoms with Gasteiger partial charge in [0.1, 0.15) is 0 Å². The second-order valence-corrected chi connectivity index (χ2v) is 6.08. The number of rotatable bonds is 4. The van der Waals surface area contributed by atoms with Gasteiger partial charge in [0.05, 0.1) is 0 Å². The summed E-state index contributed by atoms with van der Waals surface area (Å²) in [5, 5.41) is 3.23. The molecule has 1 rings (SSSR count). The van der Waals surface area contributed by atoms with Crippen LogP contribution in [0.2, 0.25) is 0 Å². The minimum atomic E-state index is -3.23. The van der Waals surface area contributed by atoms with E-state index < -0.39 is 10.2 Å². The molecule has 6 heteroatoms. The maximum absolute atomic E-state index is 12.0. The third-order valence-electron chi connectivity index (χ3n) is 2.59. The minimum absolute atomic E-state index is 0.239. The van der Waals surface area contributed by atoms with Crippen molar-refractivity contribution in [2.24, 2.45) is 0 Å². The molecule has 0 aromatic heterocycles. The Labute approximate surface area is 92.6 Å². The van der Waals surface area contributed by atoms with E-state index in [2.05, 4.69) is 5.32 Å². The van der Waals surface area contributed by atoms with Crippen LogP contribution in [-0.4, -0.2) is 56.3 Å². The highest BCUT2D eigenvalue weighted by atomic mass is 32.2. The Hall–Kier alpha value is -0.170. The summed E-state index contributed by atoms with van der Waals surface area (Å²) in [4.78, 5) is 0. The van der Waals surface area contributed by atoms with Crippen molar-refractivity contribution in [2.75, 3.05) is 33.2 Å². The average molecular weight is 235 g/mol.